The van der Waals surface area contributed by atoms with Gasteiger partial charge in [0.05, 0.1) is 22.7 Å². The number of hydrogen-bond donors (Lipinski definition) is 1. The first-order valence-corrected chi connectivity index (χ1v) is 15.3. The number of hydrogen-bond acceptors (Lipinski definition) is 5. The second-order valence-corrected chi connectivity index (χ2v) is 12.3. The lowest BCUT2D eigenvalue weighted by molar-refractivity contribution is -0.384. The number of rotatable bonds is 7. The summed E-state index contributed by atoms with van der Waals surface area (Å²) in [5, 5.41) is 15.9. The van der Waals surface area contributed by atoms with E-state index in [2.05, 4.69) is 52.9 Å². The van der Waals surface area contributed by atoms with Gasteiger partial charge in [-0.25, -0.2) is 0 Å². The summed E-state index contributed by atoms with van der Waals surface area (Å²) in [5.74, 6) is 0. The lowest BCUT2D eigenvalue weighted by Gasteiger charge is -2.28. The SMILES string of the molecule is Cc1c(Cl)cccc1-n1c(C)cc([C@@H]2[C@H](c3ccccn3)NC(=S)N2c2ccc(Sc3ccc([N+](=O)[O-])cc3)cc2)c1C. The van der Waals surface area contributed by atoms with Crippen LogP contribution in [-0.4, -0.2) is 19.6 Å². The third-order valence-corrected chi connectivity index (χ3v) is 9.50. The van der Waals surface area contributed by atoms with Gasteiger partial charge in [-0.15, -0.1) is 0 Å². The first-order chi connectivity index (χ1) is 20.7. The van der Waals surface area contributed by atoms with Crippen molar-refractivity contribution in [2.24, 2.45) is 0 Å². The molecule has 6 rings (SSSR count). The fourth-order valence-corrected chi connectivity index (χ4v) is 7.02. The van der Waals surface area contributed by atoms with Crippen LogP contribution in [-0.2, 0) is 0 Å². The number of nitro groups is 1. The van der Waals surface area contributed by atoms with Crippen molar-refractivity contribution >= 4 is 52.1 Å². The smallest absolute Gasteiger partial charge is 0.269 e. The highest BCUT2D eigenvalue weighted by atomic mass is 35.5. The second kappa shape index (κ2) is 11.8. The third-order valence-electron chi connectivity index (χ3n) is 7.77. The van der Waals surface area contributed by atoms with Crippen LogP contribution in [0.2, 0.25) is 5.02 Å². The van der Waals surface area contributed by atoms with Gasteiger partial charge >= 0.3 is 0 Å². The number of halogens is 1. The van der Waals surface area contributed by atoms with Gasteiger partial charge in [0.1, 0.15) is 0 Å². The van der Waals surface area contributed by atoms with Crippen molar-refractivity contribution in [3.63, 3.8) is 0 Å². The Hall–Kier alpha value is -4.18. The summed E-state index contributed by atoms with van der Waals surface area (Å²) in [5.41, 5.74) is 7.37. The molecule has 7 nitrogen and oxygen atoms in total. The second-order valence-electron chi connectivity index (χ2n) is 10.4. The maximum atomic E-state index is 11.0. The lowest BCUT2D eigenvalue weighted by atomic mass is 9.96. The number of thiocarbonyl (C=S) groups is 1. The van der Waals surface area contributed by atoms with Crippen LogP contribution in [0.4, 0.5) is 11.4 Å². The molecule has 0 unspecified atom stereocenters. The van der Waals surface area contributed by atoms with Crippen LogP contribution < -0.4 is 10.2 Å². The summed E-state index contributed by atoms with van der Waals surface area (Å²) in [6.45, 7) is 6.30. The molecular formula is C33H28ClN5O2S2. The Morgan fingerprint density at radius 1 is 0.953 bits per heavy atom. The van der Waals surface area contributed by atoms with E-state index < -0.39 is 4.92 Å². The molecule has 1 saturated heterocycles. The Bertz CT molecular complexity index is 1830. The number of nitrogens with one attached hydrogen (secondary N) is 1. The van der Waals surface area contributed by atoms with Gasteiger partial charge in [0.25, 0.3) is 5.69 Å². The highest BCUT2D eigenvalue weighted by Crippen LogP contribution is 2.44. The van der Waals surface area contributed by atoms with E-state index in [4.69, 9.17) is 28.8 Å². The van der Waals surface area contributed by atoms with Gasteiger partial charge in [-0.2, -0.15) is 0 Å². The molecule has 1 aliphatic rings. The number of nitro benzene ring substituents is 1. The normalized spacial score (nSPS) is 16.4. The summed E-state index contributed by atoms with van der Waals surface area (Å²) in [6.07, 6.45) is 1.81. The zero-order chi connectivity index (χ0) is 30.2. The molecule has 0 aliphatic carbocycles. The molecule has 216 valence electrons. The minimum atomic E-state index is -0.390. The molecule has 0 bridgehead atoms. The van der Waals surface area contributed by atoms with Crippen LogP contribution in [0.25, 0.3) is 5.69 Å². The minimum absolute atomic E-state index is 0.0770. The zero-order valence-electron chi connectivity index (χ0n) is 23.7. The standard InChI is InChI=1S/C33H28ClN5O2S2/c1-20-19-27(22(3)37(20)30-9-6-7-28(34)21(30)2)32-31(29-8-4-5-18-35-29)36-33(42)38(32)23-10-14-25(15-11-23)43-26-16-12-24(13-17-26)39(40)41/h4-19,31-32H,1-3H3,(H,36,42)/t31-,32+/m0/s1. The van der Waals surface area contributed by atoms with E-state index in [9.17, 15) is 10.1 Å². The van der Waals surface area contributed by atoms with Crippen molar-refractivity contribution in [1.82, 2.24) is 14.9 Å². The molecule has 3 aromatic carbocycles. The van der Waals surface area contributed by atoms with Gasteiger partial charge in [0, 0.05) is 55.9 Å². The Balaban J connectivity index is 1.39. The van der Waals surface area contributed by atoms with Gasteiger partial charge in [-0.05, 0) is 111 Å². The lowest BCUT2D eigenvalue weighted by Crippen LogP contribution is -2.29. The largest absolute Gasteiger partial charge is 0.351 e. The summed E-state index contributed by atoms with van der Waals surface area (Å²) >= 11 is 14.0. The molecule has 43 heavy (non-hydrogen) atoms. The first kappa shape index (κ1) is 28.9. The maximum absolute atomic E-state index is 11.0. The van der Waals surface area contributed by atoms with Crippen molar-refractivity contribution in [3.8, 4) is 5.69 Å². The van der Waals surface area contributed by atoms with Crippen LogP contribution in [0.5, 0.6) is 0 Å². The van der Waals surface area contributed by atoms with Crippen LogP contribution in [0.1, 0.15) is 40.3 Å². The average molecular weight is 626 g/mol. The van der Waals surface area contributed by atoms with E-state index in [1.807, 2.05) is 55.6 Å². The van der Waals surface area contributed by atoms with E-state index in [-0.39, 0.29) is 17.8 Å². The molecule has 5 aromatic rings. The van der Waals surface area contributed by atoms with Gasteiger partial charge in [0.2, 0.25) is 0 Å². The molecule has 0 radical (unpaired) electrons. The highest BCUT2D eigenvalue weighted by Gasteiger charge is 2.42. The summed E-state index contributed by atoms with van der Waals surface area (Å²) in [6, 6.07) is 28.6. The molecule has 1 fully saturated rings. The average Bonchev–Trinajstić information content (AvgIpc) is 3.50. The molecule has 2 aromatic heterocycles. The number of aryl methyl sites for hydroxylation is 1. The predicted molar refractivity (Wildman–Crippen MR) is 177 cm³/mol. The van der Waals surface area contributed by atoms with E-state index >= 15 is 0 Å². The van der Waals surface area contributed by atoms with Crippen molar-refractivity contribution in [1.29, 1.82) is 0 Å². The Morgan fingerprint density at radius 3 is 2.30 bits per heavy atom. The molecule has 1 aliphatic heterocycles. The number of non-ortho nitro benzene ring substituents is 1. The number of anilines is 1. The van der Waals surface area contributed by atoms with Gasteiger partial charge in [-0.3, -0.25) is 15.1 Å². The number of pyridine rings is 1. The minimum Gasteiger partial charge on any atom is -0.351 e. The summed E-state index contributed by atoms with van der Waals surface area (Å²) < 4.78 is 2.26. The van der Waals surface area contributed by atoms with E-state index in [1.165, 1.54) is 12.1 Å². The number of nitrogens with zero attached hydrogens (tertiary/aromatic N) is 4. The molecule has 0 spiro atoms. The topological polar surface area (TPSA) is 76.2 Å². The predicted octanol–water partition coefficient (Wildman–Crippen LogP) is 8.69. The summed E-state index contributed by atoms with van der Waals surface area (Å²) in [7, 11) is 0. The monoisotopic (exact) mass is 625 g/mol. The molecular weight excluding hydrogens is 598 g/mol. The van der Waals surface area contributed by atoms with E-state index in [0.29, 0.717) is 5.11 Å². The Labute approximate surface area is 264 Å². The summed E-state index contributed by atoms with van der Waals surface area (Å²) in [4.78, 5) is 19.4. The van der Waals surface area contributed by atoms with Crippen molar-refractivity contribution in [2.45, 2.75) is 42.6 Å². The van der Waals surface area contributed by atoms with Gasteiger partial charge in [-0.1, -0.05) is 35.5 Å². The Kier molecular flexibility index (Phi) is 7.96. The van der Waals surface area contributed by atoms with Crippen molar-refractivity contribution < 1.29 is 4.92 Å². The van der Waals surface area contributed by atoms with Crippen LogP contribution in [0, 0.1) is 30.9 Å². The number of benzene rings is 3. The molecule has 1 N–H and O–H groups in total. The molecule has 3 heterocycles. The number of aromatic nitrogens is 2. The molecule has 0 saturated carbocycles. The first-order valence-electron chi connectivity index (χ1n) is 13.7. The maximum Gasteiger partial charge on any atom is 0.269 e. The van der Waals surface area contributed by atoms with Gasteiger partial charge < -0.3 is 14.8 Å². The fourth-order valence-electron chi connectivity index (χ4n) is 5.69. The quantitative estimate of drug-likeness (QED) is 0.110. The van der Waals surface area contributed by atoms with Gasteiger partial charge in [0.15, 0.2) is 5.11 Å². The van der Waals surface area contributed by atoms with E-state index in [1.54, 1.807) is 23.9 Å². The fraction of sp³-hybridized carbons (Fsp3) is 0.152. The van der Waals surface area contributed by atoms with Crippen LogP contribution >= 0.6 is 35.6 Å². The highest BCUT2D eigenvalue weighted by molar-refractivity contribution is 7.99. The third kappa shape index (κ3) is 5.51. The Morgan fingerprint density at radius 2 is 1.65 bits per heavy atom. The van der Waals surface area contributed by atoms with Crippen molar-refractivity contribution in [2.75, 3.05) is 4.90 Å². The van der Waals surface area contributed by atoms with E-state index in [0.717, 1.165) is 54.4 Å². The molecule has 2 atom stereocenters. The molecule has 0 amide bonds. The van der Waals surface area contributed by atoms with Crippen LogP contribution in [0.3, 0.4) is 0 Å². The zero-order valence-corrected chi connectivity index (χ0v) is 26.1. The van der Waals surface area contributed by atoms with Crippen molar-refractivity contribution in [3.05, 3.63) is 141 Å². The molecule has 10 heteroatoms. The van der Waals surface area contributed by atoms with Crippen LogP contribution in [0.15, 0.2) is 107 Å².